The number of benzene rings is 1. The molecule has 1 saturated heterocycles. The van der Waals surface area contributed by atoms with Gasteiger partial charge >= 0.3 is 7.82 Å². The van der Waals surface area contributed by atoms with Crippen molar-refractivity contribution in [2.45, 2.75) is 31.1 Å². The Kier molecular flexibility index (Phi) is 6.06. The highest BCUT2D eigenvalue weighted by atomic mass is 31.2. The molecule has 186 valence electrons. The van der Waals surface area contributed by atoms with E-state index < -0.39 is 49.2 Å². The Hall–Kier alpha value is -2.96. The Balaban J connectivity index is 1.31. The highest BCUT2D eigenvalue weighted by molar-refractivity contribution is 7.48. The van der Waals surface area contributed by atoms with E-state index in [1.54, 1.807) is 4.57 Å². The van der Waals surface area contributed by atoms with Crippen molar-refractivity contribution in [3.8, 4) is 0 Å². The second-order valence-electron chi connectivity index (χ2n) is 8.44. The second kappa shape index (κ2) is 8.92. The third-order valence-corrected chi connectivity index (χ3v) is 7.65. The zero-order valence-corrected chi connectivity index (χ0v) is 19.2. The van der Waals surface area contributed by atoms with Gasteiger partial charge in [-0.1, -0.05) is 6.58 Å². The lowest BCUT2D eigenvalue weighted by Gasteiger charge is -2.30. The van der Waals surface area contributed by atoms with E-state index in [2.05, 4.69) is 21.5 Å². The van der Waals surface area contributed by atoms with E-state index in [-0.39, 0.29) is 48.7 Å². The van der Waals surface area contributed by atoms with Crippen LogP contribution in [0.2, 0.25) is 0 Å². The summed E-state index contributed by atoms with van der Waals surface area (Å²) in [5.41, 5.74) is 6.20. The van der Waals surface area contributed by atoms with E-state index in [9.17, 15) is 23.2 Å². The largest absolute Gasteiger partial charge is 0.475 e. The Morgan fingerprint density at radius 1 is 1.34 bits per heavy atom. The highest BCUT2D eigenvalue weighted by Crippen LogP contribution is 2.58. The number of nitrogens with zero attached hydrogens (tertiary/aromatic N) is 3. The molecule has 2 aliphatic rings. The predicted molar refractivity (Wildman–Crippen MR) is 119 cm³/mol. The van der Waals surface area contributed by atoms with E-state index in [0.717, 1.165) is 18.2 Å². The molecular formula is C21H22F2N5O6P. The molecular weight excluding hydrogens is 487 g/mol. The van der Waals surface area contributed by atoms with Crippen LogP contribution in [0.4, 0.5) is 14.7 Å². The van der Waals surface area contributed by atoms with Crippen molar-refractivity contribution < 1.29 is 32.0 Å². The van der Waals surface area contributed by atoms with Crippen LogP contribution in [0.1, 0.15) is 30.6 Å². The first-order valence-electron chi connectivity index (χ1n) is 10.8. The van der Waals surface area contributed by atoms with Crippen molar-refractivity contribution >= 4 is 24.9 Å². The Morgan fingerprint density at radius 2 is 2.09 bits per heavy atom. The number of aliphatic hydroxyl groups is 1. The number of nitrogens with one attached hydrogen (secondary N) is 1. The summed E-state index contributed by atoms with van der Waals surface area (Å²) in [6.07, 6.45) is 0.0327. The number of fused-ring (bicyclic) bond motifs is 1. The molecule has 0 spiro atoms. The minimum atomic E-state index is -4.09. The number of phosphoric ester groups is 1. The van der Waals surface area contributed by atoms with E-state index >= 15 is 0 Å². The van der Waals surface area contributed by atoms with Gasteiger partial charge < -0.3 is 15.4 Å². The molecule has 0 amide bonds. The van der Waals surface area contributed by atoms with Crippen molar-refractivity contribution in [2.75, 3.05) is 18.9 Å². The molecule has 1 saturated carbocycles. The van der Waals surface area contributed by atoms with Crippen LogP contribution >= 0.6 is 7.82 Å². The van der Waals surface area contributed by atoms with Gasteiger partial charge in [0.2, 0.25) is 5.95 Å². The number of aromatic nitrogens is 4. The number of anilines is 1. The Labute approximate surface area is 197 Å². The molecule has 3 heterocycles. The summed E-state index contributed by atoms with van der Waals surface area (Å²) in [5, 5.41) is 10.7. The molecule has 11 nitrogen and oxygen atoms in total. The third-order valence-electron chi connectivity index (χ3n) is 6.17. The highest BCUT2D eigenvalue weighted by Gasteiger charge is 2.42. The molecule has 35 heavy (non-hydrogen) atoms. The number of nitrogen functional groups attached to an aromatic ring is 1. The number of nitrogens with two attached hydrogens (primary N) is 1. The first-order chi connectivity index (χ1) is 16.6. The van der Waals surface area contributed by atoms with Crippen LogP contribution in [0.15, 0.2) is 41.5 Å². The molecule has 2 aromatic heterocycles. The van der Waals surface area contributed by atoms with Crippen molar-refractivity contribution in [1.82, 2.24) is 19.5 Å². The molecule has 1 aliphatic heterocycles. The summed E-state index contributed by atoms with van der Waals surface area (Å²) < 4.78 is 58.1. The number of aromatic amines is 1. The van der Waals surface area contributed by atoms with Crippen LogP contribution < -0.4 is 11.3 Å². The smallest absolute Gasteiger partial charge is 0.392 e. The average molecular weight is 509 g/mol. The normalized spacial score (nSPS) is 29.2. The van der Waals surface area contributed by atoms with E-state index in [0.29, 0.717) is 5.57 Å². The van der Waals surface area contributed by atoms with Gasteiger partial charge in [-0.05, 0) is 29.7 Å². The summed E-state index contributed by atoms with van der Waals surface area (Å²) >= 11 is 0. The van der Waals surface area contributed by atoms with Crippen molar-refractivity contribution in [3.63, 3.8) is 0 Å². The molecule has 2 fully saturated rings. The number of imidazole rings is 1. The Bertz CT molecular complexity index is 1390. The number of H-pyrrole nitrogens is 1. The summed E-state index contributed by atoms with van der Waals surface area (Å²) in [6, 6.07) is 2.44. The fraction of sp³-hybridized carbons (Fsp3) is 0.381. The van der Waals surface area contributed by atoms with E-state index in [1.165, 1.54) is 6.33 Å². The summed E-state index contributed by atoms with van der Waals surface area (Å²) in [7, 11) is -4.09. The molecule has 1 aliphatic carbocycles. The quantitative estimate of drug-likeness (QED) is 0.348. The lowest BCUT2D eigenvalue weighted by molar-refractivity contribution is 0.0163. The lowest BCUT2D eigenvalue weighted by atomic mass is 10.0. The van der Waals surface area contributed by atoms with Gasteiger partial charge in [0, 0.05) is 18.4 Å². The second-order valence-corrected chi connectivity index (χ2v) is 10.1. The molecule has 14 heteroatoms. The summed E-state index contributed by atoms with van der Waals surface area (Å²) in [6.45, 7) is 3.79. The van der Waals surface area contributed by atoms with Crippen molar-refractivity contribution in [1.29, 1.82) is 0 Å². The third kappa shape index (κ3) is 4.53. The van der Waals surface area contributed by atoms with Crippen LogP contribution in [0, 0.1) is 17.6 Å². The van der Waals surface area contributed by atoms with Gasteiger partial charge in [-0.15, -0.1) is 0 Å². The van der Waals surface area contributed by atoms with Gasteiger partial charge in [0.25, 0.3) is 5.56 Å². The average Bonchev–Trinajstić information content (AvgIpc) is 3.32. The number of halogens is 2. The number of rotatable bonds is 5. The fourth-order valence-electron chi connectivity index (χ4n) is 4.46. The first kappa shape index (κ1) is 23.8. The van der Waals surface area contributed by atoms with Crippen LogP contribution in [-0.2, 0) is 18.1 Å². The molecule has 0 bridgehead atoms. The standard InChI is InChI=1S/C21H22F2N5O6P/c1-10-14(16(29)7-15(10)28-9-25-18-19(28)26-21(24)27-20(18)30)8-33-35(31)32-3-2-17(34-35)11-4-12(22)6-13(23)5-11/h4-6,9,14-17,29H,1-3,7-8H2,(H3,24,26,27,30)/t14-,15-,16-,17+,35-/m0/s1. The SMILES string of the molecule is C=C1[C@H](CO[P@]2(=O)OCC[C@H](c3cc(F)cc(F)c3)O2)[C@@H](O)C[C@@H]1n1cnc2c(=O)[nH]c(N)nc21. The van der Waals surface area contributed by atoms with Crippen LogP contribution in [0.25, 0.3) is 11.2 Å². The van der Waals surface area contributed by atoms with Crippen molar-refractivity contribution in [2.24, 2.45) is 5.92 Å². The minimum absolute atomic E-state index is 0.0144. The predicted octanol–water partition coefficient (Wildman–Crippen LogP) is 2.76. The zero-order valence-electron chi connectivity index (χ0n) is 18.3. The molecule has 3 aromatic rings. The van der Waals surface area contributed by atoms with Gasteiger partial charge in [0.15, 0.2) is 11.2 Å². The maximum atomic E-state index is 13.6. The maximum Gasteiger partial charge on any atom is 0.475 e. The fourth-order valence-corrected chi connectivity index (χ4v) is 5.87. The first-order valence-corrected chi connectivity index (χ1v) is 12.2. The summed E-state index contributed by atoms with van der Waals surface area (Å²) in [5.74, 6) is -2.30. The molecule has 0 radical (unpaired) electrons. The van der Waals surface area contributed by atoms with Gasteiger partial charge in [-0.2, -0.15) is 4.98 Å². The van der Waals surface area contributed by atoms with Gasteiger partial charge in [-0.25, -0.2) is 18.3 Å². The molecule has 5 atom stereocenters. The van der Waals surface area contributed by atoms with Crippen LogP contribution in [0.3, 0.4) is 0 Å². The number of aliphatic hydroxyl groups excluding tert-OH is 1. The van der Waals surface area contributed by atoms with Gasteiger partial charge in [0.05, 0.1) is 37.8 Å². The zero-order chi connectivity index (χ0) is 24.9. The van der Waals surface area contributed by atoms with E-state index in [4.69, 9.17) is 19.3 Å². The summed E-state index contributed by atoms with van der Waals surface area (Å²) in [4.78, 5) is 22.7. The van der Waals surface area contributed by atoms with E-state index in [1.807, 2.05) is 0 Å². The molecule has 0 unspecified atom stereocenters. The van der Waals surface area contributed by atoms with Crippen LogP contribution in [0.5, 0.6) is 0 Å². The number of phosphoric acid groups is 1. The van der Waals surface area contributed by atoms with Crippen molar-refractivity contribution in [3.05, 3.63) is 64.2 Å². The van der Waals surface area contributed by atoms with Gasteiger partial charge in [0.1, 0.15) is 11.6 Å². The monoisotopic (exact) mass is 509 g/mol. The number of hydrogen-bond acceptors (Lipinski definition) is 9. The molecule has 4 N–H and O–H groups in total. The topological polar surface area (TPSA) is 155 Å². The minimum Gasteiger partial charge on any atom is -0.392 e. The number of hydrogen-bond donors (Lipinski definition) is 3. The maximum absolute atomic E-state index is 13.6. The van der Waals surface area contributed by atoms with Gasteiger partial charge in [-0.3, -0.25) is 23.3 Å². The molecule has 1 aromatic carbocycles. The lowest BCUT2D eigenvalue weighted by Crippen LogP contribution is -2.22. The Morgan fingerprint density at radius 3 is 2.83 bits per heavy atom. The molecule has 5 rings (SSSR count). The van der Waals surface area contributed by atoms with Crippen LogP contribution in [-0.4, -0.2) is 43.9 Å².